The Hall–Kier alpha value is -3.28. The molecule has 1 N–H and O–H groups in total. The summed E-state index contributed by atoms with van der Waals surface area (Å²) in [5.74, 6) is -0.449. The van der Waals surface area contributed by atoms with E-state index in [2.05, 4.69) is 15.6 Å². The van der Waals surface area contributed by atoms with Crippen molar-refractivity contribution in [1.82, 2.24) is 15.2 Å². The number of carbonyl (C=O) groups is 1. The van der Waals surface area contributed by atoms with E-state index in [4.69, 9.17) is 0 Å². The Morgan fingerprint density at radius 1 is 1.12 bits per heavy atom. The predicted octanol–water partition coefficient (Wildman–Crippen LogP) is 2.88. The van der Waals surface area contributed by atoms with Crippen molar-refractivity contribution >= 4 is 22.4 Å². The number of carbonyl (C=O) groups excluding carboxylic acids is 1. The molecule has 0 saturated carbocycles. The summed E-state index contributed by atoms with van der Waals surface area (Å²) in [5, 5.41) is 9.36. The molecule has 26 heavy (non-hydrogen) atoms. The molecule has 0 saturated heterocycles. The van der Waals surface area contributed by atoms with Crippen LogP contribution in [0, 0.1) is 6.92 Å². The van der Waals surface area contributed by atoms with E-state index in [0.29, 0.717) is 23.0 Å². The number of hydrogen-bond donors (Lipinski definition) is 1. The minimum absolute atomic E-state index is 0.183. The highest BCUT2D eigenvalue weighted by molar-refractivity contribution is 6.06. The van der Waals surface area contributed by atoms with Gasteiger partial charge in [-0.2, -0.15) is 10.2 Å². The minimum Gasteiger partial charge on any atom is -0.267 e. The van der Waals surface area contributed by atoms with Crippen LogP contribution in [-0.4, -0.2) is 21.4 Å². The molecule has 0 bridgehead atoms. The lowest BCUT2D eigenvalue weighted by Gasteiger charge is -2.09. The summed E-state index contributed by atoms with van der Waals surface area (Å²) in [6, 6.07) is 14.8. The van der Waals surface area contributed by atoms with E-state index in [1.54, 1.807) is 24.3 Å². The molecule has 2 aromatic carbocycles. The molecule has 0 fully saturated rings. The second kappa shape index (κ2) is 7.31. The van der Waals surface area contributed by atoms with Gasteiger partial charge < -0.3 is 0 Å². The third-order valence-electron chi connectivity index (χ3n) is 4.18. The number of aromatic nitrogens is 2. The molecular weight excluding hydrogens is 328 g/mol. The van der Waals surface area contributed by atoms with Gasteiger partial charge in [0.15, 0.2) is 5.69 Å². The molecule has 3 aromatic rings. The summed E-state index contributed by atoms with van der Waals surface area (Å²) in [6.45, 7) is 6.03. The van der Waals surface area contributed by atoms with E-state index in [0.717, 1.165) is 11.1 Å². The van der Waals surface area contributed by atoms with Gasteiger partial charge in [-0.25, -0.2) is 10.1 Å². The lowest BCUT2D eigenvalue weighted by molar-refractivity contribution is 0.0949. The number of nitrogens with one attached hydrogen (secondary N) is 1. The van der Waals surface area contributed by atoms with Gasteiger partial charge in [0, 0.05) is 11.9 Å². The molecule has 132 valence electrons. The third-order valence-corrected chi connectivity index (χ3v) is 4.18. The number of benzene rings is 2. The van der Waals surface area contributed by atoms with Gasteiger partial charge in [-0.3, -0.25) is 9.59 Å². The molecule has 0 radical (unpaired) electrons. The maximum absolute atomic E-state index is 12.6. The molecular formula is C20H20N4O2. The van der Waals surface area contributed by atoms with E-state index in [9.17, 15) is 9.59 Å². The van der Waals surface area contributed by atoms with Crippen LogP contribution in [0.1, 0.15) is 35.5 Å². The molecule has 1 amide bonds. The van der Waals surface area contributed by atoms with E-state index in [-0.39, 0.29) is 11.3 Å². The maximum Gasteiger partial charge on any atom is 0.292 e. The number of rotatable bonds is 4. The first kappa shape index (κ1) is 17.5. The molecule has 3 rings (SSSR count). The van der Waals surface area contributed by atoms with Crippen LogP contribution in [0.25, 0.3) is 10.8 Å². The Kier molecular flexibility index (Phi) is 4.93. The summed E-state index contributed by atoms with van der Waals surface area (Å²) >= 11 is 0. The average molecular weight is 348 g/mol. The van der Waals surface area contributed by atoms with Crippen LogP contribution in [0.2, 0.25) is 0 Å². The Balaban J connectivity index is 1.95. The topological polar surface area (TPSA) is 76.3 Å². The standard InChI is InChI=1S/C20H20N4O2/c1-4-24-20(26)17-8-6-5-7-16(17)18(23-24)19(25)22-21-14(3)15-11-9-13(2)10-12-15/h5-12H,4H2,1-3H3,(H,22,25)/b21-14+. The number of fused-ring (bicyclic) bond motifs is 1. The lowest BCUT2D eigenvalue weighted by atomic mass is 10.1. The quantitative estimate of drug-likeness (QED) is 0.582. The van der Waals surface area contributed by atoms with Gasteiger partial charge in [-0.15, -0.1) is 0 Å². The molecule has 1 heterocycles. The van der Waals surface area contributed by atoms with Crippen LogP contribution in [0.15, 0.2) is 58.4 Å². The Morgan fingerprint density at radius 3 is 2.42 bits per heavy atom. The Labute approximate surface area is 151 Å². The number of nitrogens with zero attached hydrogens (tertiary/aromatic N) is 3. The molecule has 0 unspecified atom stereocenters. The molecule has 0 spiro atoms. The number of hydrogen-bond acceptors (Lipinski definition) is 4. The van der Waals surface area contributed by atoms with E-state index in [1.807, 2.05) is 45.0 Å². The van der Waals surface area contributed by atoms with Gasteiger partial charge >= 0.3 is 0 Å². The number of aryl methyl sites for hydroxylation is 2. The normalized spacial score (nSPS) is 11.6. The van der Waals surface area contributed by atoms with Gasteiger partial charge in [-0.05, 0) is 32.4 Å². The van der Waals surface area contributed by atoms with Crippen LogP contribution in [-0.2, 0) is 6.54 Å². The number of hydrazone groups is 1. The molecule has 0 aliphatic carbocycles. The molecule has 6 nitrogen and oxygen atoms in total. The highest BCUT2D eigenvalue weighted by atomic mass is 16.2. The number of amides is 1. The van der Waals surface area contributed by atoms with Crippen LogP contribution < -0.4 is 11.0 Å². The first-order chi connectivity index (χ1) is 12.5. The summed E-state index contributed by atoms with van der Waals surface area (Å²) in [7, 11) is 0. The Morgan fingerprint density at radius 2 is 1.77 bits per heavy atom. The second-order valence-electron chi connectivity index (χ2n) is 6.02. The van der Waals surface area contributed by atoms with Gasteiger partial charge in [0.1, 0.15) is 0 Å². The van der Waals surface area contributed by atoms with Crippen LogP contribution >= 0.6 is 0 Å². The van der Waals surface area contributed by atoms with Gasteiger partial charge in [0.2, 0.25) is 0 Å². The summed E-state index contributed by atoms with van der Waals surface area (Å²) in [6.07, 6.45) is 0. The molecule has 1 aromatic heterocycles. The van der Waals surface area contributed by atoms with Crippen LogP contribution in [0.4, 0.5) is 0 Å². The fourth-order valence-electron chi connectivity index (χ4n) is 2.66. The first-order valence-corrected chi connectivity index (χ1v) is 8.42. The van der Waals surface area contributed by atoms with Crippen molar-refractivity contribution in [3.05, 3.63) is 75.7 Å². The zero-order chi connectivity index (χ0) is 18.7. The smallest absolute Gasteiger partial charge is 0.267 e. The second-order valence-corrected chi connectivity index (χ2v) is 6.02. The van der Waals surface area contributed by atoms with E-state index in [1.165, 1.54) is 4.68 Å². The van der Waals surface area contributed by atoms with Gasteiger partial charge in [0.25, 0.3) is 11.5 Å². The Bertz CT molecular complexity index is 1050. The minimum atomic E-state index is -0.449. The van der Waals surface area contributed by atoms with Crippen molar-refractivity contribution in [3.8, 4) is 0 Å². The van der Waals surface area contributed by atoms with Gasteiger partial charge in [0.05, 0.1) is 11.1 Å². The first-order valence-electron chi connectivity index (χ1n) is 8.42. The molecule has 0 atom stereocenters. The summed E-state index contributed by atoms with van der Waals surface area (Å²) in [4.78, 5) is 25.0. The molecule has 0 aliphatic heterocycles. The van der Waals surface area contributed by atoms with Gasteiger partial charge in [-0.1, -0.05) is 48.0 Å². The van der Waals surface area contributed by atoms with E-state index < -0.39 is 5.91 Å². The van der Waals surface area contributed by atoms with Crippen molar-refractivity contribution in [3.63, 3.8) is 0 Å². The zero-order valence-corrected chi connectivity index (χ0v) is 15.0. The fourth-order valence-corrected chi connectivity index (χ4v) is 2.66. The van der Waals surface area contributed by atoms with Crippen molar-refractivity contribution in [2.24, 2.45) is 5.10 Å². The van der Waals surface area contributed by atoms with Crippen LogP contribution in [0.5, 0.6) is 0 Å². The average Bonchev–Trinajstić information content (AvgIpc) is 2.67. The van der Waals surface area contributed by atoms with Crippen molar-refractivity contribution in [2.75, 3.05) is 0 Å². The highest BCUT2D eigenvalue weighted by Gasteiger charge is 2.16. The fraction of sp³-hybridized carbons (Fsp3) is 0.200. The zero-order valence-electron chi connectivity index (χ0n) is 15.0. The largest absolute Gasteiger partial charge is 0.292 e. The van der Waals surface area contributed by atoms with Crippen LogP contribution in [0.3, 0.4) is 0 Å². The monoisotopic (exact) mass is 348 g/mol. The SMILES string of the molecule is CCn1nc(C(=O)N/N=C(\C)c2ccc(C)cc2)c2ccccc2c1=O. The summed E-state index contributed by atoms with van der Waals surface area (Å²) in [5.41, 5.74) is 5.29. The van der Waals surface area contributed by atoms with E-state index >= 15 is 0 Å². The lowest BCUT2D eigenvalue weighted by Crippen LogP contribution is -2.28. The predicted molar refractivity (Wildman–Crippen MR) is 103 cm³/mol. The third kappa shape index (κ3) is 3.39. The molecule has 0 aliphatic rings. The van der Waals surface area contributed by atoms with Crippen molar-refractivity contribution in [1.29, 1.82) is 0 Å². The highest BCUT2D eigenvalue weighted by Crippen LogP contribution is 2.13. The van der Waals surface area contributed by atoms with Crippen molar-refractivity contribution < 1.29 is 4.79 Å². The maximum atomic E-state index is 12.6. The molecule has 6 heteroatoms. The summed E-state index contributed by atoms with van der Waals surface area (Å²) < 4.78 is 1.29. The van der Waals surface area contributed by atoms with Crippen molar-refractivity contribution in [2.45, 2.75) is 27.3 Å².